The molecule has 0 aliphatic carbocycles. The largest absolute Gasteiger partial charge is 0.327 e. The Morgan fingerprint density at radius 2 is 1.74 bits per heavy atom. The second-order valence-electron chi connectivity index (χ2n) is 4.90. The molecule has 0 radical (unpaired) electrons. The highest BCUT2D eigenvalue weighted by Gasteiger charge is 2.15. The van der Waals surface area contributed by atoms with Crippen LogP contribution in [-0.2, 0) is 10.0 Å². The number of benzene rings is 1. The molecule has 3 N–H and O–H groups in total. The molecular weight excluding hydrogens is 260 g/mol. The van der Waals surface area contributed by atoms with E-state index in [1.807, 2.05) is 19.1 Å². The molecule has 0 amide bonds. The molecule has 0 aliphatic heterocycles. The Bertz CT molecular complexity index is 483. The maximum atomic E-state index is 12.0. The summed E-state index contributed by atoms with van der Waals surface area (Å²) in [6.45, 7) is 6.44. The molecule has 0 aromatic heterocycles. The quantitative estimate of drug-likeness (QED) is 0.806. The number of hydrogen-bond acceptors (Lipinski definition) is 3. The second-order valence-corrected chi connectivity index (χ2v) is 6.67. The fraction of sp³-hybridized carbons (Fsp3) is 0.571. The van der Waals surface area contributed by atoms with Crippen molar-refractivity contribution in [3.8, 4) is 0 Å². The second kappa shape index (κ2) is 7.03. The molecule has 2 unspecified atom stereocenters. The summed E-state index contributed by atoms with van der Waals surface area (Å²) in [5.74, 6) is 0.443. The van der Waals surface area contributed by atoms with E-state index in [0.29, 0.717) is 10.8 Å². The van der Waals surface area contributed by atoms with Crippen LogP contribution < -0.4 is 10.5 Å². The zero-order valence-electron chi connectivity index (χ0n) is 11.9. The lowest BCUT2D eigenvalue weighted by molar-refractivity contribution is 0.564. The fourth-order valence-electron chi connectivity index (χ4n) is 1.66. The molecule has 0 saturated carbocycles. The molecule has 108 valence electrons. The third-order valence-corrected chi connectivity index (χ3v) is 4.87. The van der Waals surface area contributed by atoms with E-state index in [0.717, 1.165) is 18.4 Å². The lowest BCUT2D eigenvalue weighted by Crippen LogP contribution is -2.36. The Labute approximate surface area is 116 Å². The van der Waals surface area contributed by atoms with Gasteiger partial charge in [0, 0.05) is 12.6 Å². The average Bonchev–Trinajstić information content (AvgIpc) is 2.44. The van der Waals surface area contributed by atoms with Gasteiger partial charge < -0.3 is 5.73 Å². The molecule has 0 fully saturated rings. The Kier molecular flexibility index (Phi) is 5.97. The van der Waals surface area contributed by atoms with Crippen LogP contribution in [0.15, 0.2) is 29.2 Å². The van der Waals surface area contributed by atoms with Crippen LogP contribution >= 0.6 is 0 Å². The molecule has 1 rings (SSSR count). The van der Waals surface area contributed by atoms with E-state index < -0.39 is 10.0 Å². The molecule has 19 heavy (non-hydrogen) atoms. The van der Waals surface area contributed by atoms with Crippen LogP contribution in [-0.4, -0.2) is 21.0 Å². The van der Waals surface area contributed by atoms with Gasteiger partial charge >= 0.3 is 0 Å². The van der Waals surface area contributed by atoms with Gasteiger partial charge in [0.05, 0.1) is 4.90 Å². The van der Waals surface area contributed by atoms with Gasteiger partial charge in [-0.3, -0.25) is 0 Å². The average molecular weight is 284 g/mol. The summed E-state index contributed by atoms with van der Waals surface area (Å²) in [6, 6.07) is 6.92. The first-order valence-corrected chi connectivity index (χ1v) is 8.24. The third kappa shape index (κ3) is 4.60. The summed E-state index contributed by atoms with van der Waals surface area (Å²) < 4.78 is 26.6. The number of hydrogen-bond donors (Lipinski definition) is 2. The van der Waals surface area contributed by atoms with Crippen molar-refractivity contribution in [1.29, 1.82) is 0 Å². The zero-order valence-corrected chi connectivity index (χ0v) is 12.7. The SMILES string of the molecule is CCC(N)CNS(=O)(=O)c1ccc(C(C)CC)cc1. The Hall–Kier alpha value is -0.910. The van der Waals surface area contributed by atoms with Crippen molar-refractivity contribution in [3.05, 3.63) is 29.8 Å². The van der Waals surface area contributed by atoms with Crippen molar-refractivity contribution < 1.29 is 8.42 Å². The first kappa shape index (κ1) is 16.1. The highest BCUT2D eigenvalue weighted by Crippen LogP contribution is 2.20. The molecular formula is C14H24N2O2S. The summed E-state index contributed by atoms with van der Waals surface area (Å²) in [5.41, 5.74) is 6.87. The summed E-state index contributed by atoms with van der Waals surface area (Å²) >= 11 is 0. The van der Waals surface area contributed by atoms with Crippen molar-refractivity contribution in [2.75, 3.05) is 6.54 Å². The Morgan fingerprint density at radius 3 is 2.21 bits per heavy atom. The van der Waals surface area contributed by atoms with Gasteiger partial charge in [-0.05, 0) is 36.5 Å². The maximum absolute atomic E-state index is 12.0. The van der Waals surface area contributed by atoms with E-state index >= 15 is 0 Å². The normalized spacial score (nSPS) is 15.2. The minimum atomic E-state index is -3.44. The van der Waals surface area contributed by atoms with Gasteiger partial charge in [-0.2, -0.15) is 0 Å². The third-order valence-electron chi connectivity index (χ3n) is 3.43. The molecule has 1 aromatic rings. The molecule has 0 aliphatic rings. The summed E-state index contributed by atoms with van der Waals surface area (Å²) in [7, 11) is -3.44. The van der Waals surface area contributed by atoms with Crippen molar-refractivity contribution in [3.63, 3.8) is 0 Å². The molecule has 0 spiro atoms. The van der Waals surface area contributed by atoms with E-state index in [-0.39, 0.29) is 12.6 Å². The van der Waals surface area contributed by atoms with E-state index in [2.05, 4.69) is 18.6 Å². The highest BCUT2D eigenvalue weighted by molar-refractivity contribution is 7.89. The van der Waals surface area contributed by atoms with Crippen LogP contribution in [0.4, 0.5) is 0 Å². The lowest BCUT2D eigenvalue weighted by Gasteiger charge is -2.12. The minimum absolute atomic E-state index is 0.144. The van der Waals surface area contributed by atoms with E-state index in [4.69, 9.17) is 5.73 Å². The molecule has 0 saturated heterocycles. The Balaban J connectivity index is 2.79. The van der Waals surface area contributed by atoms with Crippen LogP contribution in [0.1, 0.15) is 45.1 Å². The number of nitrogens with one attached hydrogen (secondary N) is 1. The smallest absolute Gasteiger partial charge is 0.240 e. The first-order chi connectivity index (χ1) is 8.90. The number of sulfonamides is 1. The molecule has 0 bridgehead atoms. The van der Waals surface area contributed by atoms with Crippen LogP contribution in [0.2, 0.25) is 0 Å². The van der Waals surface area contributed by atoms with Gasteiger partial charge in [0.2, 0.25) is 10.0 Å². The van der Waals surface area contributed by atoms with Gasteiger partial charge in [0.15, 0.2) is 0 Å². The predicted octanol–water partition coefficient (Wildman–Crippen LogP) is 2.22. The first-order valence-electron chi connectivity index (χ1n) is 6.75. The maximum Gasteiger partial charge on any atom is 0.240 e. The minimum Gasteiger partial charge on any atom is -0.327 e. The fourth-order valence-corrected chi connectivity index (χ4v) is 2.75. The number of nitrogens with two attached hydrogens (primary N) is 1. The standard InChI is InChI=1S/C14H24N2O2S/c1-4-11(3)12-6-8-14(9-7-12)19(17,18)16-10-13(15)5-2/h6-9,11,13,16H,4-5,10,15H2,1-3H3. The predicted molar refractivity (Wildman–Crippen MR) is 78.6 cm³/mol. The van der Waals surface area contributed by atoms with Crippen molar-refractivity contribution in [1.82, 2.24) is 4.72 Å². The monoisotopic (exact) mass is 284 g/mol. The molecule has 1 aromatic carbocycles. The zero-order chi connectivity index (χ0) is 14.5. The molecule has 0 heterocycles. The molecule has 5 heteroatoms. The van der Waals surface area contributed by atoms with Gasteiger partial charge in [-0.25, -0.2) is 13.1 Å². The molecule has 4 nitrogen and oxygen atoms in total. The van der Waals surface area contributed by atoms with Crippen LogP contribution in [0.25, 0.3) is 0 Å². The lowest BCUT2D eigenvalue weighted by atomic mass is 9.99. The van der Waals surface area contributed by atoms with Crippen LogP contribution in [0, 0.1) is 0 Å². The van der Waals surface area contributed by atoms with E-state index in [9.17, 15) is 8.42 Å². The van der Waals surface area contributed by atoms with Gasteiger partial charge in [0.25, 0.3) is 0 Å². The van der Waals surface area contributed by atoms with Crippen LogP contribution in [0.5, 0.6) is 0 Å². The Morgan fingerprint density at radius 1 is 1.16 bits per heavy atom. The van der Waals surface area contributed by atoms with Crippen molar-refractivity contribution >= 4 is 10.0 Å². The van der Waals surface area contributed by atoms with Gasteiger partial charge in [0.1, 0.15) is 0 Å². The topological polar surface area (TPSA) is 72.2 Å². The van der Waals surface area contributed by atoms with Crippen molar-refractivity contribution in [2.45, 2.75) is 50.5 Å². The van der Waals surface area contributed by atoms with Gasteiger partial charge in [-0.1, -0.05) is 32.9 Å². The van der Waals surface area contributed by atoms with E-state index in [1.165, 1.54) is 0 Å². The van der Waals surface area contributed by atoms with E-state index in [1.54, 1.807) is 12.1 Å². The summed E-state index contributed by atoms with van der Waals surface area (Å²) in [6.07, 6.45) is 1.78. The van der Waals surface area contributed by atoms with Crippen molar-refractivity contribution in [2.24, 2.45) is 5.73 Å². The summed E-state index contributed by atoms with van der Waals surface area (Å²) in [4.78, 5) is 0.294. The molecule has 2 atom stereocenters. The number of rotatable bonds is 7. The highest BCUT2D eigenvalue weighted by atomic mass is 32.2. The van der Waals surface area contributed by atoms with Crippen LogP contribution in [0.3, 0.4) is 0 Å². The summed E-state index contributed by atoms with van der Waals surface area (Å²) in [5, 5.41) is 0. The van der Waals surface area contributed by atoms with Gasteiger partial charge in [-0.15, -0.1) is 0 Å².